The van der Waals surface area contributed by atoms with Crippen LogP contribution in [0.4, 0.5) is 0 Å². The maximum Gasteiger partial charge on any atom is 0.0647 e. The van der Waals surface area contributed by atoms with Crippen LogP contribution >= 0.6 is 15.9 Å². The molecule has 0 unspecified atom stereocenters. The summed E-state index contributed by atoms with van der Waals surface area (Å²) in [4.78, 5) is 0. The summed E-state index contributed by atoms with van der Waals surface area (Å²) in [6, 6.07) is 0. The second-order valence-corrected chi connectivity index (χ2v) is 1.85. The molecule has 0 N–H and O–H groups in total. The Bertz CT molecular complexity index is 61.5. The predicted molar refractivity (Wildman–Crippen MR) is 39.1 cm³/mol. The number of rotatable bonds is 4. The summed E-state index contributed by atoms with van der Waals surface area (Å²) in [5, 5.41) is 0.896. The summed E-state index contributed by atoms with van der Waals surface area (Å²) in [7, 11) is 0. The zero-order chi connectivity index (χ0) is 6.24. The van der Waals surface area contributed by atoms with E-state index in [1.54, 1.807) is 0 Å². The molecule has 47 valence electrons. The van der Waals surface area contributed by atoms with Gasteiger partial charge in [-0.2, -0.15) is 0 Å². The molecule has 1 nitrogen and oxygen atoms in total. The monoisotopic (exact) mass is 177 g/mol. The third-order valence-electron chi connectivity index (χ3n) is 0.614. The predicted octanol–water partition coefficient (Wildman–Crippen LogP) is 1.79. The van der Waals surface area contributed by atoms with Gasteiger partial charge < -0.3 is 4.74 Å². The Morgan fingerprint density at radius 2 is 2.25 bits per heavy atom. The van der Waals surface area contributed by atoms with Crippen molar-refractivity contribution < 1.29 is 4.74 Å². The maximum atomic E-state index is 4.92. The standard InChI is InChI=1S/C6H10BrO/c1-2-8-6-4-3-5-7/h3-4H,1-2,5-6H2. The van der Waals surface area contributed by atoms with E-state index >= 15 is 0 Å². The lowest BCUT2D eigenvalue weighted by Gasteiger charge is -1.90. The van der Waals surface area contributed by atoms with Gasteiger partial charge >= 0.3 is 0 Å². The lowest BCUT2D eigenvalue weighted by Crippen LogP contribution is -1.87. The quantitative estimate of drug-likeness (QED) is 0.362. The van der Waals surface area contributed by atoms with Crippen molar-refractivity contribution in [2.45, 2.75) is 0 Å². The van der Waals surface area contributed by atoms with Gasteiger partial charge in [-0.05, 0) is 6.92 Å². The molecule has 0 aliphatic rings. The molecule has 0 aromatic rings. The minimum absolute atomic E-state index is 0.548. The summed E-state index contributed by atoms with van der Waals surface area (Å²) < 4.78 is 4.92. The topological polar surface area (TPSA) is 9.23 Å². The Hall–Kier alpha value is 0.180. The van der Waals surface area contributed by atoms with E-state index in [1.165, 1.54) is 0 Å². The van der Waals surface area contributed by atoms with Crippen LogP contribution in [0, 0.1) is 6.92 Å². The Kier molecular flexibility index (Phi) is 7.34. The first-order valence-corrected chi connectivity index (χ1v) is 3.62. The van der Waals surface area contributed by atoms with Crippen LogP contribution in [0.15, 0.2) is 12.2 Å². The summed E-state index contributed by atoms with van der Waals surface area (Å²) >= 11 is 3.24. The van der Waals surface area contributed by atoms with Gasteiger partial charge in [-0.25, -0.2) is 0 Å². The molecule has 0 saturated heterocycles. The molecular weight excluding hydrogens is 168 g/mol. The van der Waals surface area contributed by atoms with Crippen molar-refractivity contribution in [3.63, 3.8) is 0 Å². The normalized spacial score (nSPS) is 10.8. The largest absolute Gasteiger partial charge is 0.377 e. The lowest BCUT2D eigenvalue weighted by atomic mass is 10.5. The van der Waals surface area contributed by atoms with Crippen molar-refractivity contribution in [3.8, 4) is 0 Å². The maximum absolute atomic E-state index is 4.92. The molecule has 2 heteroatoms. The molecule has 0 bridgehead atoms. The molecule has 0 aliphatic carbocycles. The molecule has 0 heterocycles. The Morgan fingerprint density at radius 3 is 2.75 bits per heavy atom. The fourth-order valence-electron chi connectivity index (χ4n) is 0.282. The Morgan fingerprint density at radius 1 is 1.50 bits per heavy atom. The van der Waals surface area contributed by atoms with Crippen molar-refractivity contribution in [3.05, 3.63) is 19.1 Å². The van der Waals surface area contributed by atoms with Crippen molar-refractivity contribution in [1.29, 1.82) is 0 Å². The Balaban J connectivity index is 2.80. The van der Waals surface area contributed by atoms with Crippen LogP contribution in [0.25, 0.3) is 0 Å². The highest BCUT2D eigenvalue weighted by atomic mass is 79.9. The average Bonchev–Trinajstić information content (AvgIpc) is 1.81. The van der Waals surface area contributed by atoms with Gasteiger partial charge in [0.05, 0.1) is 6.61 Å². The average molecular weight is 178 g/mol. The molecule has 1 radical (unpaired) electrons. The van der Waals surface area contributed by atoms with Gasteiger partial charge in [0, 0.05) is 11.9 Å². The van der Waals surface area contributed by atoms with Crippen LogP contribution in [-0.2, 0) is 4.74 Å². The highest BCUT2D eigenvalue weighted by Crippen LogP contribution is 1.81. The number of alkyl halides is 1. The molecular formula is C6H10BrO. The van der Waals surface area contributed by atoms with Gasteiger partial charge in [0.2, 0.25) is 0 Å². The van der Waals surface area contributed by atoms with Gasteiger partial charge in [-0.15, -0.1) is 0 Å². The molecule has 0 aromatic carbocycles. The number of hydrogen-bond donors (Lipinski definition) is 0. The van der Waals surface area contributed by atoms with Crippen LogP contribution < -0.4 is 0 Å². The minimum atomic E-state index is 0.548. The molecule has 8 heavy (non-hydrogen) atoms. The second-order valence-electron chi connectivity index (χ2n) is 1.20. The molecule has 0 atom stereocenters. The first kappa shape index (κ1) is 8.18. The summed E-state index contributed by atoms with van der Waals surface area (Å²) in [5.74, 6) is 0. The summed E-state index contributed by atoms with van der Waals surface area (Å²) in [5.41, 5.74) is 0. The zero-order valence-electron chi connectivity index (χ0n) is 4.77. The van der Waals surface area contributed by atoms with Gasteiger partial charge in [-0.3, -0.25) is 0 Å². The lowest BCUT2D eigenvalue weighted by molar-refractivity contribution is 0.192. The molecule has 0 amide bonds. The number of halogens is 1. The van der Waals surface area contributed by atoms with Gasteiger partial charge in [0.15, 0.2) is 0 Å². The smallest absolute Gasteiger partial charge is 0.0647 e. The highest BCUT2D eigenvalue weighted by molar-refractivity contribution is 9.09. The van der Waals surface area contributed by atoms with E-state index in [9.17, 15) is 0 Å². The van der Waals surface area contributed by atoms with E-state index in [0.29, 0.717) is 13.2 Å². The minimum Gasteiger partial charge on any atom is -0.377 e. The van der Waals surface area contributed by atoms with Crippen molar-refractivity contribution >= 4 is 15.9 Å². The number of ether oxygens (including phenoxy) is 1. The van der Waals surface area contributed by atoms with E-state index in [0.717, 1.165) is 5.33 Å². The second kappa shape index (κ2) is 7.18. The number of allylic oxidation sites excluding steroid dienone is 1. The van der Waals surface area contributed by atoms with Gasteiger partial charge in [0.1, 0.15) is 0 Å². The molecule has 0 spiro atoms. The van der Waals surface area contributed by atoms with Crippen LogP contribution in [-0.4, -0.2) is 18.5 Å². The Labute approximate surface area is 58.9 Å². The SMILES string of the molecule is [CH2]COCC=CCBr. The third kappa shape index (κ3) is 6.18. The van der Waals surface area contributed by atoms with E-state index in [-0.39, 0.29) is 0 Å². The molecule has 0 saturated carbocycles. The molecule has 0 fully saturated rings. The summed E-state index contributed by atoms with van der Waals surface area (Å²) in [6.45, 7) is 4.74. The van der Waals surface area contributed by atoms with Crippen LogP contribution in [0.5, 0.6) is 0 Å². The van der Waals surface area contributed by atoms with E-state index in [4.69, 9.17) is 4.74 Å². The van der Waals surface area contributed by atoms with Crippen molar-refractivity contribution in [2.75, 3.05) is 18.5 Å². The van der Waals surface area contributed by atoms with E-state index in [2.05, 4.69) is 22.9 Å². The fourth-order valence-corrected chi connectivity index (χ4v) is 0.547. The van der Waals surface area contributed by atoms with Crippen molar-refractivity contribution in [1.82, 2.24) is 0 Å². The molecule has 0 aliphatic heterocycles. The highest BCUT2D eigenvalue weighted by Gasteiger charge is 1.72. The fraction of sp³-hybridized carbons (Fsp3) is 0.500. The van der Waals surface area contributed by atoms with Gasteiger partial charge in [0.25, 0.3) is 0 Å². The van der Waals surface area contributed by atoms with Crippen LogP contribution in [0.3, 0.4) is 0 Å². The number of hydrogen-bond acceptors (Lipinski definition) is 1. The van der Waals surface area contributed by atoms with Crippen LogP contribution in [0.1, 0.15) is 0 Å². The first-order valence-electron chi connectivity index (χ1n) is 2.49. The third-order valence-corrected chi connectivity index (χ3v) is 0.988. The molecule has 0 rings (SSSR count). The first-order chi connectivity index (χ1) is 3.91. The van der Waals surface area contributed by atoms with Crippen LogP contribution in [0.2, 0.25) is 0 Å². The van der Waals surface area contributed by atoms with Crippen molar-refractivity contribution in [2.24, 2.45) is 0 Å². The summed E-state index contributed by atoms with van der Waals surface area (Å²) in [6.07, 6.45) is 3.95. The zero-order valence-corrected chi connectivity index (χ0v) is 6.36. The molecule has 0 aromatic heterocycles. The van der Waals surface area contributed by atoms with E-state index < -0.39 is 0 Å². The van der Waals surface area contributed by atoms with Gasteiger partial charge in [-0.1, -0.05) is 28.1 Å². The van der Waals surface area contributed by atoms with E-state index in [1.807, 2.05) is 12.2 Å².